The molecule has 6 nitrogen and oxygen atoms in total. The fourth-order valence-corrected chi connectivity index (χ4v) is 3.14. The zero-order chi connectivity index (χ0) is 19.6. The summed E-state index contributed by atoms with van der Waals surface area (Å²) in [5, 5.41) is 0. The van der Waals surface area contributed by atoms with Gasteiger partial charge in [-0.1, -0.05) is 12.1 Å². The summed E-state index contributed by atoms with van der Waals surface area (Å²) in [6.07, 6.45) is 1.87. The number of ketones is 2. The summed E-state index contributed by atoms with van der Waals surface area (Å²) in [4.78, 5) is 37.5. The van der Waals surface area contributed by atoms with Gasteiger partial charge >= 0.3 is 0 Å². The molecule has 1 aliphatic carbocycles. The normalized spacial score (nSPS) is 13.1. The van der Waals surface area contributed by atoms with Gasteiger partial charge in [-0.2, -0.15) is 0 Å². The molecule has 0 heterocycles. The highest BCUT2D eigenvalue weighted by molar-refractivity contribution is 6.40. The Labute approximate surface area is 156 Å². The maximum absolute atomic E-state index is 13.1. The SMILES string of the molecule is COCOc1cc(C)cc(C=O)c1C1=CC(=O)c2c(OC)cccc2C1=O. The van der Waals surface area contributed by atoms with Gasteiger partial charge in [0.1, 0.15) is 11.5 Å². The maximum Gasteiger partial charge on any atom is 0.194 e. The first-order valence-electron chi connectivity index (χ1n) is 8.21. The van der Waals surface area contributed by atoms with Crippen molar-refractivity contribution in [3.05, 3.63) is 64.2 Å². The lowest BCUT2D eigenvalue weighted by Crippen LogP contribution is -2.19. The first kappa shape index (κ1) is 18.5. The topological polar surface area (TPSA) is 78.9 Å². The van der Waals surface area contributed by atoms with E-state index in [0.29, 0.717) is 17.8 Å². The smallest absolute Gasteiger partial charge is 0.194 e. The minimum absolute atomic E-state index is 0.0609. The third-order valence-electron chi connectivity index (χ3n) is 4.26. The van der Waals surface area contributed by atoms with Crippen LogP contribution in [0.3, 0.4) is 0 Å². The average molecular weight is 366 g/mol. The largest absolute Gasteiger partial charge is 0.496 e. The van der Waals surface area contributed by atoms with E-state index in [-0.39, 0.29) is 46.2 Å². The molecule has 0 atom stereocenters. The number of rotatable bonds is 6. The van der Waals surface area contributed by atoms with Gasteiger partial charge in [0.2, 0.25) is 0 Å². The Morgan fingerprint density at radius 1 is 1.04 bits per heavy atom. The number of aryl methyl sites for hydroxylation is 1. The number of hydrogen-bond donors (Lipinski definition) is 0. The molecule has 2 aromatic rings. The van der Waals surface area contributed by atoms with Gasteiger partial charge in [-0.3, -0.25) is 14.4 Å². The molecule has 27 heavy (non-hydrogen) atoms. The van der Waals surface area contributed by atoms with Crippen molar-refractivity contribution in [3.8, 4) is 11.5 Å². The van der Waals surface area contributed by atoms with Crippen molar-refractivity contribution >= 4 is 23.4 Å². The Morgan fingerprint density at radius 3 is 2.48 bits per heavy atom. The summed E-state index contributed by atoms with van der Waals surface area (Å²) in [6, 6.07) is 8.17. The van der Waals surface area contributed by atoms with Crippen molar-refractivity contribution in [3.63, 3.8) is 0 Å². The molecule has 0 aromatic heterocycles. The number of carbonyl (C=O) groups is 3. The summed E-state index contributed by atoms with van der Waals surface area (Å²) >= 11 is 0. The lowest BCUT2D eigenvalue weighted by molar-refractivity contribution is 0.0507. The monoisotopic (exact) mass is 366 g/mol. The third kappa shape index (κ3) is 3.27. The van der Waals surface area contributed by atoms with E-state index in [1.165, 1.54) is 20.3 Å². The van der Waals surface area contributed by atoms with Crippen molar-refractivity contribution < 1.29 is 28.6 Å². The molecule has 6 heteroatoms. The summed E-state index contributed by atoms with van der Waals surface area (Å²) in [5.74, 6) is -0.112. The Kier molecular flexibility index (Phi) is 5.19. The van der Waals surface area contributed by atoms with Gasteiger partial charge in [0.15, 0.2) is 24.6 Å². The van der Waals surface area contributed by atoms with E-state index in [0.717, 1.165) is 5.56 Å². The molecular weight excluding hydrogens is 348 g/mol. The van der Waals surface area contributed by atoms with Crippen LogP contribution in [0, 0.1) is 6.92 Å². The zero-order valence-corrected chi connectivity index (χ0v) is 15.2. The number of carbonyl (C=O) groups excluding carboxylic acids is 3. The lowest BCUT2D eigenvalue weighted by Gasteiger charge is -2.20. The number of allylic oxidation sites excluding steroid dienone is 2. The molecule has 138 valence electrons. The predicted molar refractivity (Wildman–Crippen MR) is 98.7 cm³/mol. The lowest BCUT2D eigenvalue weighted by atomic mass is 9.83. The van der Waals surface area contributed by atoms with Gasteiger partial charge in [-0.15, -0.1) is 0 Å². The van der Waals surface area contributed by atoms with E-state index in [1.807, 2.05) is 0 Å². The van der Waals surface area contributed by atoms with Crippen LogP contribution in [0.4, 0.5) is 0 Å². The number of methoxy groups -OCH3 is 2. The summed E-state index contributed by atoms with van der Waals surface area (Å²) in [5.41, 5.74) is 1.87. The van der Waals surface area contributed by atoms with Crippen LogP contribution in [0.2, 0.25) is 0 Å². The number of aldehydes is 1. The van der Waals surface area contributed by atoms with E-state index in [1.54, 1.807) is 37.3 Å². The number of benzene rings is 2. The van der Waals surface area contributed by atoms with Crippen LogP contribution in [0.15, 0.2) is 36.4 Å². The Bertz CT molecular complexity index is 971. The van der Waals surface area contributed by atoms with E-state index in [9.17, 15) is 14.4 Å². The maximum atomic E-state index is 13.1. The van der Waals surface area contributed by atoms with Crippen LogP contribution >= 0.6 is 0 Å². The summed E-state index contributed by atoms with van der Waals surface area (Å²) < 4.78 is 15.7. The third-order valence-corrected chi connectivity index (χ3v) is 4.26. The second-order valence-corrected chi connectivity index (χ2v) is 6.03. The highest BCUT2D eigenvalue weighted by atomic mass is 16.7. The van der Waals surface area contributed by atoms with Crippen molar-refractivity contribution in [2.75, 3.05) is 21.0 Å². The molecule has 2 aromatic carbocycles. The molecule has 0 saturated heterocycles. The molecular formula is C21H18O6. The Morgan fingerprint density at radius 2 is 1.81 bits per heavy atom. The van der Waals surface area contributed by atoms with Gasteiger partial charge in [-0.05, 0) is 36.8 Å². The second kappa shape index (κ2) is 7.55. The molecule has 0 aliphatic heterocycles. The summed E-state index contributed by atoms with van der Waals surface area (Å²) in [7, 11) is 2.90. The summed E-state index contributed by atoms with van der Waals surface area (Å²) in [6.45, 7) is 1.74. The minimum Gasteiger partial charge on any atom is -0.496 e. The van der Waals surface area contributed by atoms with Gasteiger partial charge in [0.05, 0.1) is 12.7 Å². The van der Waals surface area contributed by atoms with Gasteiger partial charge in [0.25, 0.3) is 0 Å². The molecule has 3 rings (SSSR count). The quantitative estimate of drug-likeness (QED) is 0.577. The van der Waals surface area contributed by atoms with Crippen LogP contribution in [-0.4, -0.2) is 38.9 Å². The van der Waals surface area contributed by atoms with E-state index < -0.39 is 0 Å². The van der Waals surface area contributed by atoms with Crippen molar-refractivity contribution in [1.82, 2.24) is 0 Å². The standard InChI is InChI=1S/C21H18O6/c1-12-7-13(10-22)19(18(8-12)27-11-25-2)15-9-16(23)20-14(21(15)24)5-4-6-17(20)26-3/h4-10H,11H2,1-3H3. The minimum atomic E-state index is -0.377. The van der Waals surface area contributed by atoms with Gasteiger partial charge in [0, 0.05) is 29.4 Å². The van der Waals surface area contributed by atoms with Gasteiger partial charge in [-0.25, -0.2) is 0 Å². The zero-order valence-electron chi connectivity index (χ0n) is 15.2. The number of hydrogen-bond acceptors (Lipinski definition) is 6. The molecule has 0 fully saturated rings. The number of ether oxygens (including phenoxy) is 3. The average Bonchev–Trinajstić information content (AvgIpc) is 2.68. The molecule has 0 bridgehead atoms. The van der Waals surface area contributed by atoms with E-state index >= 15 is 0 Å². The van der Waals surface area contributed by atoms with Crippen LogP contribution < -0.4 is 9.47 Å². The van der Waals surface area contributed by atoms with Crippen molar-refractivity contribution in [1.29, 1.82) is 0 Å². The second-order valence-electron chi connectivity index (χ2n) is 6.03. The fraction of sp³-hybridized carbons (Fsp3) is 0.190. The molecule has 0 spiro atoms. The molecule has 0 saturated carbocycles. The molecule has 0 amide bonds. The Hall–Kier alpha value is -3.25. The molecule has 0 radical (unpaired) electrons. The number of Topliss-reactive ketones (excluding diaryl/α,β-unsaturated/α-hetero) is 1. The molecule has 0 N–H and O–H groups in total. The predicted octanol–water partition coefficient (Wildman–Crippen LogP) is 3.26. The molecule has 1 aliphatic rings. The van der Waals surface area contributed by atoms with E-state index in [2.05, 4.69) is 0 Å². The van der Waals surface area contributed by atoms with Crippen LogP contribution in [0.1, 0.15) is 42.2 Å². The highest BCUT2D eigenvalue weighted by Gasteiger charge is 2.31. The van der Waals surface area contributed by atoms with Crippen molar-refractivity contribution in [2.45, 2.75) is 6.92 Å². The fourth-order valence-electron chi connectivity index (χ4n) is 3.14. The van der Waals surface area contributed by atoms with Crippen LogP contribution in [0.25, 0.3) is 5.57 Å². The highest BCUT2D eigenvalue weighted by Crippen LogP contribution is 2.38. The van der Waals surface area contributed by atoms with Crippen LogP contribution in [-0.2, 0) is 4.74 Å². The van der Waals surface area contributed by atoms with Gasteiger partial charge < -0.3 is 14.2 Å². The first-order valence-corrected chi connectivity index (χ1v) is 8.21. The number of fused-ring (bicyclic) bond motifs is 1. The first-order chi connectivity index (χ1) is 13.0. The molecule has 0 unspecified atom stereocenters. The van der Waals surface area contributed by atoms with Crippen LogP contribution in [0.5, 0.6) is 11.5 Å². The van der Waals surface area contributed by atoms with E-state index in [4.69, 9.17) is 14.2 Å². The Balaban J connectivity index is 2.22. The van der Waals surface area contributed by atoms with Crippen molar-refractivity contribution in [2.24, 2.45) is 0 Å².